The second-order valence-corrected chi connectivity index (χ2v) is 21.8. The molecule has 1 aliphatic rings. The Bertz CT molecular complexity index is 1010. The molecule has 1 aliphatic heterocycles. The molecule has 0 amide bonds. The molecule has 0 radical (unpaired) electrons. The van der Waals surface area contributed by atoms with Crippen molar-refractivity contribution < 1.29 is 0 Å². The van der Waals surface area contributed by atoms with Crippen LogP contribution in [0.3, 0.4) is 0 Å². The molecule has 0 fully saturated rings. The molecule has 1 aromatic carbocycles. The fraction of sp³-hybridized carbons (Fsp3) is 0.794. The Labute approximate surface area is 273 Å². The Morgan fingerprint density at radius 3 is 1.30 bits per heavy atom. The molecule has 1 heterocycles. The number of benzene rings is 1. The fourth-order valence-corrected chi connectivity index (χ4v) is 19.8. The van der Waals surface area contributed by atoms with Gasteiger partial charge in [-0.05, 0) is 116 Å². The molecule has 0 aromatic heterocycles. The lowest BCUT2D eigenvalue weighted by Gasteiger charge is -2.50. The lowest BCUT2D eigenvalue weighted by molar-refractivity contribution is 0.201. The highest BCUT2D eigenvalue weighted by Gasteiger charge is 2.61. The van der Waals surface area contributed by atoms with Crippen molar-refractivity contribution in [1.82, 2.24) is 23.5 Å². The van der Waals surface area contributed by atoms with Crippen LogP contribution in [0.2, 0.25) is 0 Å². The monoisotopic (exact) mass is 653 g/mol. The molecule has 0 bridgehead atoms. The van der Waals surface area contributed by atoms with Crippen LogP contribution in [0.5, 0.6) is 0 Å². The minimum Gasteiger partial charge on any atom is -0.254 e. The van der Waals surface area contributed by atoms with Gasteiger partial charge in [0.25, 0.3) is 7.71 Å². The number of hydrogen-bond donors (Lipinski definition) is 0. The lowest BCUT2D eigenvalue weighted by atomic mass is 10.1. The Balaban J connectivity index is 3.11. The van der Waals surface area contributed by atoms with Crippen molar-refractivity contribution in [3.8, 4) is 0 Å². The average Bonchev–Trinajstić information content (AvgIpc) is 3.29. The van der Waals surface area contributed by atoms with Crippen molar-refractivity contribution in [2.75, 3.05) is 6.66 Å². The van der Waals surface area contributed by atoms with E-state index in [2.05, 4.69) is 171 Å². The number of hydrazone groups is 1. The van der Waals surface area contributed by atoms with E-state index in [1.54, 1.807) is 0 Å². The first kappa shape index (κ1) is 38.8. The first-order chi connectivity index (χ1) is 19.8. The highest BCUT2D eigenvalue weighted by atomic mass is 32.4. The van der Waals surface area contributed by atoms with E-state index in [-0.39, 0.29) is 6.04 Å². The summed E-state index contributed by atoms with van der Waals surface area (Å²) in [7, 11) is -2.20. The number of hydrogen-bond acceptors (Lipinski definition) is 5. The summed E-state index contributed by atoms with van der Waals surface area (Å²) in [6.45, 7) is 39.9. The van der Waals surface area contributed by atoms with Gasteiger partial charge in [-0.15, -0.1) is 19.2 Å². The summed E-state index contributed by atoms with van der Waals surface area (Å²) < 4.78 is 13.5. The zero-order valence-electron chi connectivity index (χ0n) is 30.8. The molecule has 6 nitrogen and oxygen atoms in total. The van der Waals surface area contributed by atoms with Crippen molar-refractivity contribution >= 4 is 31.3 Å². The van der Waals surface area contributed by atoms with Crippen molar-refractivity contribution in [2.45, 2.75) is 172 Å². The van der Waals surface area contributed by atoms with Crippen molar-refractivity contribution in [3.05, 3.63) is 35.9 Å². The molecule has 0 aliphatic carbocycles. The van der Waals surface area contributed by atoms with Crippen molar-refractivity contribution in [3.63, 3.8) is 0 Å². The van der Waals surface area contributed by atoms with E-state index in [0.29, 0.717) is 48.3 Å². The van der Waals surface area contributed by atoms with Crippen molar-refractivity contribution in [2.24, 2.45) is 5.10 Å². The zero-order valence-corrected chi connectivity index (χ0v) is 33.4. The molecular formula is C34H67N6P2S+. The summed E-state index contributed by atoms with van der Waals surface area (Å²) in [5, 5.41) is 5.91. The molecule has 0 saturated heterocycles. The van der Waals surface area contributed by atoms with E-state index < -0.39 is 14.1 Å². The first-order valence-electron chi connectivity index (χ1n) is 16.8. The standard InChI is InChI=1S/C34H67N6P2S/c1-24(2)36(25(3)4)41(17,37(26(5)6)27(7)8)40-33(32-21-19-18-20-22-32)23-34(35-40)42(43,38(28(9)10)29(11)12)39(30(13)14)31(15)16/h18-22,24-31,33H,23H2,1-17H3/q+1. The van der Waals surface area contributed by atoms with Crippen LogP contribution >= 0.6 is 14.1 Å². The van der Waals surface area contributed by atoms with E-state index in [1.807, 2.05) is 0 Å². The largest absolute Gasteiger partial charge is 0.267 e. The quantitative estimate of drug-likeness (QED) is 0.175. The van der Waals surface area contributed by atoms with Crippen LogP contribution in [-0.2, 0) is 11.8 Å². The minimum atomic E-state index is -2.44. The number of rotatable bonds is 15. The maximum Gasteiger partial charge on any atom is 0.267 e. The third-order valence-corrected chi connectivity index (χ3v) is 19.1. The predicted octanol–water partition coefficient (Wildman–Crippen LogP) is 9.92. The molecule has 0 N–H and O–H groups in total. The topological polar surface area (TPSA) is 28.6 Å². The normalized spacial score (nSPS) is 17.5. The van der Waals surface area contributed by atoms with Crippen LogP contribution in [0.15, 0.2) is 35.4 Å². The molecule has 248 valence electrons. The van der Waals surface area contributed by atoms with Crippen LogP contribution in [0.25, 0.3) is 0 Å². The van der Waals surface area contributed by atoms with Gasteiger partial charge in [-0.3, -0.25) is 9.34 Å². The molecule has 2 rings (SSSR count). The third-order valence-electron chi connectivity index (χ3n) is 8.52. The SMILES string of the molecule is CC(C)N(C(C)C)P(=S)(C1=NN([P+](C)(N(C(C)C)C(C)C)N(C(C)C)C(C)C)C(c2ccccc2)C1)N(C(C)C)C(C)C. The molecular weight excluding hydrogens is 586 g/mol. The van der Waals surface area contributed by atoms with Crippen LogP contribution in [-0.4, -0.2) is 83.9 Å². The van der Waals surface area contributed by atoms with Gasteiger partial charge in [0, 0.05) is 54.8 Å². The minimum absolute atomic E-state index is 0.124. The second-order valence-electron chi connectivity index (χ2n) is 14.6. The Kier molecular flexibility index (Phi) is 14.0. The van der Waals surface area contributed by atoms with E-state index in [0.717, 1.165) is 6.42 Å². The maximum atomic E-state index is 7.12. The van der Waals surface area contributed by atoms with Crippen molar-refractivity contribution in [1.29, 1.82) is 0 Å². The molecule has 9 heteroatoms. The molecule has 1 aromatic rings. The third kappa shape index (κ3) is 7.78. The first-order valence-corrected chi connectivity index (χ1v) is 21.6. The molecule has 43 heavy (non-hydrogen) atoms. The molecule has 0 spiro atoms. The zero-order chi connectivity index (χ0) is 33.2. The summed E-state index contributed by atoms with van der Waals surface area (Å²) >= 11 is 7.12. The Morgan fingerprint density at radius 1 is 0.651 bits per heavy atom. The molecule has 1 unspecified atom stereocenters. The summed E-state index contributed by atoms with van der Waals surface area (Å²) in [6, 6.07) is 13.9. The van der Waals surface area contributed by atoms with Crippen LogP contribution < -0.4 is 0 Å². The van der Waals surface area contributed by atoms with Gasteiger partial charge in [0.2, 0.25) is 0 Å². The summed E-state index contributed by atoms with van der Waals surface area (Å²) in [5.74, 6) is 0. The van der Waals surface area contributed by atoms with Gasteiger partial charge in [0.05, 0.1) is 0 Å². The maximum absolute atomic E-state index is 7.12. The van der Waals surface area contributed by atoms with E-state index >= 15 is 0 Å². The molecule has 0 saturated carbocycles. The average molecular weight is 654 g/mol. The number of nitrogens with zero attached hydrogens (tertiary/aromatic N) is 6. The fourth-order valence-electron chi connectivity index (χ4n) is 8.04. The molecule has 1 atom stereocenters. The van der Waals surface area contributed by atoms with E-state index in [4.69, 9.17) is 16.9 Å². The highest BCUT2D eigenvalue weighted by Crippen LogP contribution is 2.73. The lowest BCUT2D eigenvalue weighted by Crippen LogP contribution is -2.52. The van der Waals surface area contributed by atoms with Crippen LogP contribution in [0.4, 0.5) is 0 Å². The van der Waals surface area contributed by atoms with Crippen LogP contribution in [0, 0.1) is 0 Å². The van der Waals surface area contributed by atoms with E-state index in [1.165, 1.54) is 11.0 Å². The van der Waals surface area contributed by atoms with Gasteiger partial charge in [0.1, 0.15) is 24.5 Å². The van der Waals surface area contributed by atoms with Gasteiger partial charge in [0.15, 0.2) is 0 Å². The smallest absolute Gasteiger partial charge is 0.254 e. The highest BCUT2D eigenvalue weighted by molar-refractivity contribution is 8.20. The Hall–Kier alpha value is -0.390. The Morgan fingerprint density at radius 2 is 1.00 bits per heavy atom. The van der Waals surface area contributed by atoms with Gasteiger partial charge >= 0.3 is 0 Å². The van der Waals surface area contributed by atoms with E-state index in [9.17, 15) is 0 Å². The summed E-state index contributed by atoms with van der Waals surface area (Å²) in [5.41, 5.74) is 2.54. The summed E-state index contributed by atoms with van der Waals surface area (Å²) in [6.07, 6.45) is -1.58. The second kappa shape index (κ2) is 15.5. The van der Waals surface area contributed by atoms with Gasteiger partial charge in [-0.2, -0.15) is 0 Å². The van der Waals surface area contributed by atoms with Gasteiger partial charge in [-0.25, -0.2) is 0 Å². The van der Waals surface area contributed by atoms with Crippen LogP contribution in [0.1, 0.15) is 129 Å². The van der Waals surface area contributed by atoms with Gasteiger partial charge < -0.3 is 0 Å². The van der Waals surface area contributed by atoms with Gasteiger partial charge in [-0.1, -0.05) is 42.1 Å². The summed E-state index contributed by atoms with van der Waals surface area (Å²) in [4.78, 5) is 0. The predicted molar refractivity (Wildman–Crippen MR) is 199 cm³/mol.